The summed E-state index contributed by atoms with van der Waals surface area (Å²) in [6.07, 6.45) is 1.68. The second-order valence-corrected chi connectivity index (χ2v) is 6.42. The summed E-state index contributed by atoms with van der Waals surface area (Å²) in [5, 5.41) is 3.37. The molecule has 1 saturated heterocycles. The molecule has 0 bridgehead atoms. The summed E-state index contributed by atoms with van der Waals surface area (Å²) in [7, 11) is 1.39. The van der Waals surface area contributed by atoms with Crippen molar-refractivity contribution in [1.29, 1.82) is 0 Å². The van der Waals surface area contributed by atoms with Gasteiger partial charge in [0.05, 0.1) is 19.6 Å². The van der Waals surface area contributed by atoms with E-state index in [1.54, 1.807) is 6.92 Å². The average Bonchev–Trinajstić information content (AvgIpc) is 3.24. The highest BCUT2D eigenvalue weighted by molar-refractivity contribution is 5.84. The molecule has 1 aliphatic heterocycles. The summed E-state index contributed by atoms with van der Waals surface area (Å²) in [5.74, 6) is -0.877. The van der Waals surface area contributed by atoms with E-state index < -0.39 is 6.04 Å². The summed E-state index contributed by atoms with van der Waals surface area (Å²) in [4.78, 5) is 24.9. The van der Waals surface area contributed by atoms with Crippen LogP contribution < -0.4 is 5.32 Å². The second kappa shape index (κ2) is 5.96. The normalized spacial score (nSPS) is 27.7. The standard InChI is InChI=1S/C18H23NO4/c1-4-23-16(20)13-14(12-8-6-5-7-11(12)2)19-15(17(21)22-3)18(13)9-10-18/h5-8,13-15,19H,4,9-10H2,1-3H3/t13-,14-,15+/m1/s1. The van der Waals surface area contributed by atoms with Gasteiger partial charge < -0.3 is 9.47 Å². The van der Waals surface area contributed by atoms with Gasteiger partial charge in [0.15, 0.2) is 0 Å². The van der Waals surface area contributed by atoms with E-state index in [4.69, 9.17) is 9.47 Å². The zero-order valence-corrected chi connectivity index (χ0v) is 13.8. The maximum Gasteiger partial charge on any atom is 0.323 e. The van der Waals surface area contributed by atoms with Gasteiger partial charge in [-0.25, -0.2) is 0 Å². The largest absolute Gasteiger partial charge is 0.468 e. The Bertz CT molecular complexity index is 623. The summed E-state index contributed by atoms with van der Waals surface area (Å²) in [6.45, 7) is 4.17. The highest BCUT2D eigenvalue weighted by Crippen LogP contribution is 2.63. The summed E-state index contributed by atoms with van der Waals surface area (Å²) in [6, 6.07) is 7.28. The molecule has 1 aromatic carbocycles. The summed E-state index contributed by atoms with van der Waals surface area (Å²) in [5.41, 5.74) is 1.77. The van der Waals surface area contributed by atoms with Crippen molar-refractivity contribution in [1.82, 2.24) is 5.32 Å². The van der Waals surface area contributed by atoms with Gasteiger partial charge in [-0.05, 0) is 37.8 Å². The first-order valence-corrected chi connectivity index (χ1v) is 8.11. The van der Waals surface area contributed by atoms with Crippen LogP contribution in [-0.2, 0) is 19.1 Å². The number of rotatable bonds is 4. The van der Waals surface area contributed by atoms with Gasteiger partial charge in [-0.2, -0.15) is 0 Å². The van der Waals surface area contributed by atoms with Crippen molar-refractivity contribution < 1.29 is 19.1 Å². The molecular formula is C18H23NO4. The molecule has 2 fully saturated rings. The van der Waals surface area contributed by atoms with Gasteiger partial charge in [-0.1, -0.05) is 24.3 Å². The molecule has 0 radical (unpaired) electrons. The topological polar surface area (TPSA) is 64.6 Å². The number of methoxy groups -OCH3 is 1. The number of hydrogen-bond acceptors (Lipinski definition) is 5. The van der Waals surface area contributed by atoms with E-state index in [-0.39, 0.29) is 29.3 Å². The van der Waals surface area contributed by atoms with Crippen LogP contribution in [0.2, 0.25) is 0 Å². The number of esters is 2. The average molecular weight is 317 g/mol. The number of nitrogens with one attached hydrogen (secondary N) is 1. The van der Waals surface area contributed by atoms with Gasteiger partial charge in [0.1, 0.15) is 6.04 Å². The van der Waals surface area contributed by atoms with E-state index >= 15 is 0 Å². The molecule has 5 nitrogen and oxygen atoms in total. The predicted molar refractivity (Wildman–Crippen MR) is 84.6 cm³/mol. The fraction of sp³-hybridized carbons (Fsp3) is 0.556. The highest BCUT2D eigenvalue weighted by Gasteiger charge is 2.67. The second-order valence-electron chi connectivity index (χ2n) is 6.42. The molecule has 0 amide bonds. The lowest BCUT2D eigenvalue weighted by Gasteiger charge is -2.23. The summed E-state index contributed by atoms with van der Waals surface area (Å²) >= 11 is 0. The number of carbonyl (C=O) groups is 2. The van der Waals surface area contributed by atoms with Crippen LogP contribution in [0.5, 0.6) is 0 Å². The molecule has 1 spiro atoms. The highest BCUT2D eigenvalue weighted by atomic mass is 16.5. The van der Waals surface area contributed by atoms with Crippen molar-refractivity contribution in [3.63, 3.8) is 0 Å². The lowest BCUT2D eigenvalue weighted by Crippen LogP contribution is -2.39. The number of aryl methyl sites for hydroxylation is 1. The summed E-state index contributed by atoms with van der Waals surface area (Å²) < 4.78 is 10.3. The molecule has 1 heterocycles. The van der Waals surface area contributed by atoms with Crippen molar-refractivity contribution >= 4 is 11.9 Å². The zero-order valence-electron chi connectivity index (χ0n) is 13.8. The van der Waals surface area contributed by atoms with E-state index in [0.29, 0.717) is 6.61 Å². The molecule has 3 atom stereocenters. The number of hydrogen-bond donors (Lipinski definition) is 1. The zero-order chi connectivity index (χ0) is 16.6. The molecule has 2 aliphatic rings. The van der Waals surface area contributed by atoms with Gasteiger partial charge in [0.2, 0.25) is 0 Å². The third-order valence-corrected chi connectivity index (χ3v) is 5.20. The lowest BCUT2D eigenvalue weighted by molar-refractivity contribution is -0.151. The molecule has 3 rings (SSSR count). The Hall–Kier alpha value is -1.88. The Morgan fingerprint density at radius 3 is 2.52 bits per heavy atom. The van der Waals surface area contributed by atoms with Gasteiger partial charge in [0, 0.05) is 11.5 Å². The maximum absolute atomic E-state index is 12.6. The van der Waals surface area contributed by atoms with E-state index in [1.165, 1.54) is 7.11 Å². The Morgan fingerprint density at radius 1 is 1.26 bits per heavy atom. The molecule has 0 unspecified atom stereocenters. The molecule has 5 heteroatoms. The van der Waals surface area contributed by atoms with Gasteiger partial charge >= 0.3 is 11.9 Å². The Morgan fingerprint density at radius 2 is 1.96 bits per heavy atom. The van der Waals surface area contributed by atoms with Crippen LogP contribution in [0.1, 0.15) is 36.9 Å². The van der Waals surface area contributed by atoms with Gasteiger partial charge in [0.25, 0.3) is 0 Å². The van der Waals surface area contributed by atoms with E-state index in [0.717, 1.165) is 24.0 Å². The maximum atomic E-state index is 12.6. The fourth-order valence-electron chi connectivity index (χ4n) is 3.93. The van der Waals surface area contributed by atoms with Crippen LogP contribution in [0.15, 0.2) is 24.3 Å². The molecule has 23 heavy (non-hydrogen) atoms. The minimum Gasteiger partial charge on any atom is -0.468 e. The first-order valence-electron chi connectivity index (χ1n) is 8.11. The van der Waals surface area contributed by atoms with E-state index in [9.17, 15) is 9.59 Å². The third-order valence-electron chi connectivity index (χ3n) is 5.20. The fourth-order valence-corrected chi connectivity index (χ4v) is 3.93. The quantitative estimate of drug-likeness (QED) is 0.862. The molecule has 1 N–H and O–H groups in total. The molecule has 124 valence electrons. The number of ether oxygens (including phenoxy) is 2. The number of benzene rings is 1. The third kappa shape index (κ3) is 2.53. The molecule has 0 aromatic heterocycles. The smallest absolute Gasteiger partial charge is 0.323 e. The molecule has 1 aromatic rings. The molecule has 1 saturated carbocycles. The molecule has 1 aliphatic carbocycles. The van der Waals surface area contributed by atoms with Crippen molar-refractivity contribution in [2.75, 3.05) is 13.7 Å². The van der Waals surface area contributed by atoms with Crippen LogP contribution in [0.4, 0.5) is 0 Å². The van der Waals surface area contributed by atoms with E-state index in [2.05, 4.69) is 5.32 Å². The van der Waals surface area contributed by atoms with Gasteiger partial charge in [-0.15, -0.1) is 0 Å². The molecular weight excluding hydrogens is 294 g/mol. The van der Waals surface area contributed by atoms with Crippen molar-refractivity contribution in [2.24, 2.45) is 11.3 Å². The predicted octanol–water partition coefficient (Wildman–Crippen LogP) is 2.14. The minimum absolute atomic E-state index is 0.221. The van der Waals surface area contributed by atoms with Crippen LogP contribution in [-0.4, -0.2) is 31.7 Å². The first kappa shape index (κ1) is 16.0. The van der Waals surface area contributed by atoms with Gasteiger partial charge in [-0.3, -0.25) is 14.9 Å². The Balaban J connectivity index is 2.01. The lowest BCUT2D eigenvalue weighted by atomic mass is 9.80. The van der Waals surface area contributed by atoms with Crippen molar-refractivity contribution in [3.8, 4) is 0 Å². The Labute approximate surface area is 136 Å². The van der Waals surface area contributed by atoms with Crippen molar-refractivity contribution in [2.45, 2.75) is 38.8 Å². The van der Waals surface area contributed by atoms with Crippen LogP contribution >= 0.6 is 0 Å². The van der Waals surface area contributed by atoms with Crippen molar-refractivity contribution in [3.05, 3.63) is 35.4 Å². The van der Waals surface area contributed by atoms with Crippen LogP contribution in [0.3, 0.4) is 0 Å². The van der Waals surface area contributed by atoms with Crippen LogP contribution in [0, 0.1) is 18.3 Å². The monoisotopic (exact) mass is 317 g/mol. The SMILES string of the molecule is CCOC(=O)[C@H]1[C@@H](c2ccccc2C)N[C@@H](C(=O)OC)C12CC2. The Kier molecular flexibility index (Phi) is 4.15. The van der Waals surface area contributed by atoms with E-state index in [1.807, 2.05) is 31.2 Å². The first-order chi connectivity index (χ1) is 11.0. The number of carbonyl (C=O) groups excluding carboxylic acids is 2. The minimum atomic E-state index is -0.452. The van der Waals surface area contributed by atoms with Crippen LogP contribution in [0.25, 0.3) is 0 Å².